The van der Waals surface area contributed by atoms with Crippen LogP contribution in [0, 0.1) is 5.92 Å². The number of nitrogens with zero attached hydrogens (tertiary/aromatic N) is 1. The number of rotatable bonds is 3. The summed E-state index contributed by atoms with van der Waals surface area (Å²) < 4.78 is 5.55. The summed E-state index contributed by atoms with van der Waals surface area (Å²) in [4.78, 5) is 14.1. The van der Waals surface area contributed by atoms with E-state index in [9.17, 15) is 4.79 Å². The van der Waals surface area contributed by atoms with Crippen molar-refractivity contribution in [3.8, 4) is 0 Å². The Hall–Kier alpha value is -0.650. The molecule has 2 fully saturated rings. The first-order chi connectivity index (χ1) is 8.69. The molecule has 2 N–H and O–H groups in total. The molecule has 0 saturated carbocycles. The molecule has 0 spiro atoms. The SMILES string of the molecule is CC1CN(C(=O)CC2CCNCC2)CC(CO)O1. The Bertz CT molecular complexity index is 279. The minimum atomic E-state index is -0.217. The number of aliphatic hydroxyl groups excluding tert-OH is 1. The normalized spacial score (nSPS) is 30.4. The van der Waals surface area contributed by atoms with Gasteiger partial charge in [-0.15, -0.1) is 0 Å². The second kappa shape index (κ2) is 6.50. The van der Waals surface area contributed by atoms with Gasteiger partial charge in [0.25, 0.3) is 0 Å². The Balaban J connectivity index is 1.83. The lowest BCUT2D eigenvalue weighted by Gasteiger charge is -2.37. The molecular weight excluding hydrogens is 232 g/mol. The van der Waals surface area contributed by atoms with Gasteiger partial charge >= 0.3 is 0 Å². The number of amides is 1. The van der Waals surface area contributed by atoms with Crippen LogP contribution in [0.4, 0.5) is 0 Å². The van der Waals surface area contributed by atoms with Crippen LogP contribution in [0.3, 0.4) is 0 Å². The maximum absolute atomic E-state index is 12.2. The molecule has 5 nitrogen and oxygen atoms in total. The monoisotopic (exact) mass is 256 g/mol. The highest BCUT2D eigenvalue weighted by atomic mass is 16.5. The molecule has 2 saturated heterocycles. The first kappa shape index (κ1) is 13.8. The summed E-state index contributed by atoms with van der Waals surface area (Å²) >= 11 is 0. The third-order valence-electron chi connectivity index (χ3n) is 3.80. The molecule has 1 amide bonds. The number of hydrogen-bond acceptors (Lipinski definition) is 4. The molecule has 0 radical (unpaired) electrons. The summed E-state index contributed by atoms with van der Waals surface area (Å²) in [6.45, 7) is 5.17. The maximum atomic E-state index is 12.2. The minimum absolute atomic E-state index is 0.0124. The van der Waals surface area contributed by atoms with Crippen molar-refractivity contribution in [2.75, 3.05) is 32.8 Å². The Morgan fingerprint density at radius 2 is 2.11 bits per heavy atom. The summed E-state index contributed by atoms with van der Waals surface area (Å²) in [5, 5.41) is 12.5. The van der Waals surface area contributed by atoms with Crippen LogP contribution in [0.15, 0.2) is 0 Å². The molecule has 0 bridgehead atoms. The Kier molecular flexibility index (Phi) is 4.97. The fourth-order valence-corrected chi connectivity index (χ4v) is 2.81. The van der Waals surface area contributed by atoms with E-state index in [-0.39, 0.29) is 24.7 Å². The van der Waals surface area contributed by atoms with E-state index in [0.717, 1.165) is 25.9 Å². The zero-order valence-electron chi connectivity index (χ0n) is 11.1. The third kappa shape index (κ3) is 3.67. The van der Waals surface area contributed by atoms with Crippen LogP contribution in [-0.2, 0) is 9.53 Å². The highest BCUT2D eigenvalue weighted by molar-refractivity contribution is 5.76. The number of carbonyl (C=O) groups excluding carboxylic acids is 1. The smallest absolute Gasteiger partial charge is 0.223 e. The van der Waals surface area contributed by atoms with E-state index in [2.05, 4.69) is 5.32 Å². The fraction of sp³-hybridized carbons (Fsp3) is 0.923. The highest BCUT2D eigenvalue weighted by Crippen LogP contribution is 2.19. The van der Waals surface area contributed by atoms with Crippen LogP contribution < -0.4 is 5.32 Å². The molecule has 5 heteroatoms. The predicted molar refractivity (Wildman–Crippen MR) is 68.2 cm³/mol. The van der Waals surface area contributed by atoms with Gasteiger partial charge < -0.3 is 20.1 Å². The number of nitrogens with one attached hydrogen (secondary N) is 1. The van der Waals surface area contributed by atoms with Gasteiger partial charge in [0.15, 0.2) is 0 Å². The lowest BCUT2D eigenvalue weighted by Crippen LogP contribution is -2.50. The Morgan fingerprint density at radius 3 is 2.78 bits per heavy atom. The molecule has 0 aromatic carbocycles. The number of hydrogen-bond donors (Lipinski definition) is 2. The summed E-state index contributed by atoms with van der Waals surface area (Å²) in [7, 11) is 0. The average Bonchev–Trinajstić information content (AvgIpc) is 2.39. The van der Waals surface area contributed by atoms with Gasteiger partial charge in [-0.25, -0.2) is 0 Å². The molecule has 2 rings (SSSR count). The Labute approximate surface area is 108 Å². The van der Waals surface area contributed by atoms with Crippen molar-refractivity contribution in [2.45, 2.75) is 38.4 Å². The molecule has 104 valence electrons. The first-order valence-corrected chi connectivity index (χ1v) is 6.94. The van der Waals surface area contributed by atoms with E-state index >= 15 is 0 Å². The quantitative estimate of drug-likeness (QED) is 0.745. The van der Waals surface area contributed by atoms with Crippen LogP contribution in [-0.4, -0.2) is 60.9 Å². The first-order valence-electron chi connectivity index (χ1n) is 6.94. The largest absolute Gasteiger partial charge is 0.394 e. The van der Waals surface area contributed by atoms with E-state index in [1.54, 1.807) is 0 Å². The van der Waals surface area contributed by atoms with Crippen molar-refractivity contribution in [1.82, 2.24) is 10.2 Å². The maximum Gasteiger partial charge on any atom is 0.223 e. The van der Waals surface area contributed by atoms with Gasteiger partial charge in [0.1, 0.15) is 0 Å². The summed E-state index contributed by atoms with van der Waals surface area (Å²) in [6.07, 6.45) is 2.63. The second-order valence-electron chi connectivity index (χ2n) is 5.45. The van der Waals surface area contributed by atoms with Gasteiger partial charge in [-0.1, -0.05) is 0 Å². The van der Waals surface area contributed by atoms with Crippen molar-refractivity contribution >= 4 is 5.91 Å². The number of morpholine rings is 1. The van der Waals surface area contributed by atoms with Crippen molar-refractivity contribution in [3.05, 3.63) is 0 Å². The van der Waals surface area contributed by atoms with Gasteiger partial charge in [0.05, 0.1) is 18.8 Å². The van der Waals surface area contributed by atoms with Gasteiger partial charge in [-0.05, 0) is 38.8 Å². The molecular formula is C13H24N2O3. The molecule has 0 aliphatic carbocycles. The lowest BCUT2D eigenvalue weighted by molar-refractivity contribution is -0.148. The van der Waals surface area contributed by atoms with Gasteiger partial charge in [-0.2, -0.15) is 0 Å². The van der Waals surface area contributed by atoms with Gasteiger partial charge in [0, 0.05) is 19.5 Å². The molecule has 0 aromatic heterocycles. The van der Waals surface area contributed by atoms with E-state index in [1.807, 2.05) is 11.8 Å². The number of aliphatic hydroxyl groups is 1. The lowest BCUT2D eigenvalue weighted by atomic mass is 9.94. The Morgan fingerprint density at radius 1 is 1.39 bits per heavy atom. The molecule has 18 heavy (non-hydrogen) atoms. The summed E-state index contributed by atoms with van der Waals surface area (Å²) in [5.74, 6) is 0.736. The van der Waals surface area contributed by atoms with Crippen LogP contribution in [0.25, 0.3) is 0 Å². The zero-order chi connectivity index (χ0) is 13.0. The third-order valence-corrected chi connectivity index (χ3v) is 3.80. The van der Waals surface area contributed by atoms with Crippen LogP contribution >= 0.6 is 0 Å². The standard InChI is InChI=1S/C13H24N2O3/c1-10-7-15(8-12(9-16)18-10)13(17)6-11-2-4-14-5-3-11/h10-12,14,16H,2-9H2,1H3. The second-order valence-corrected chi connectivity index (χ2v) is 5.45. The highest BCUT2D eigenvalue weighted by Gasteiger charge is 2.29. The molecule has 2 unspecified atom stereocenters. The van der Waals surface area contributed by atoms with E-state index < -0.39 is 0 Å². The zero-order valence-corrected chi connectivity index (χ0v) is 11.1. The molecule has 0 aromatic rings. The molecule has 2 heterocycles. The molecule has 2 aliphatic rings. The average molecular weight is 256 g/mol. The van der Waals surface area contributed by atoms with Crippen LogP contribution in [0.5, 0.6) is 0 Å². The van der Waals surface area contributed by atoms with E-state index in [0.29, 0.717) is 25.4 Å². The predicted octanol–water partition coefficient (Wildman–Crippen LogP) is -0.0157. The number of ether oxygens (including phenoxy) is 1. The van der Waals surface area contributed by atoms with Crippen LogP contribution in [0.2, 0.25) is 0 Å². The number of piperidine rings is 1. The summed E-state index contributed by atoms with van der Waals surface area (Å²) in [5.41, 5.74) is 0. The van der Waals surface area contributed by atoms with Crippen molar-refractivity contribution < 1.29 is 14.6 Å². The molecule has 2 atom stereocenters. The van der Waals surface area contributed by atoms with Gasteiger partial charge in [0.2, 0.25) is 5.91 Å². The van der Waals surface area contributed by atoms with Crippen molar-refractivity contribution in [3.63, 3.8) is 0 Å². The topological polar surface area (TPSA) is 61.8 Å². The fourth-order valence-electron chi connectivity index (χ4n) is 2.81. The van der Waals surface area contributed by atoms with Gasteiger partial charge in [-0.3, -0.25) is 4.79 Å². The minimum Gasteiger partial charge on any atom is -0.394 e. The van der Waals surface area contributed by atoms with Crippen molar-refractivity contribution in [1.29, 1.82) is 0 Å². The summed E-state index contributed by atoms with van der Waals surface area (Å²) in [6, 6.07) is 0. The van der Waals surface area contributed by atoms with Crippen molar-refractivity contribution in [2.24, 2.45) is 5.92 Å². The van der Waals surface area contributed by atoms with Crippen LogP contribution in [0.1, 0.15) is 26.2 Å². The van der Waals surface area contributed by atoms with E-state index in [4.69, 9.17) is 9.84 Å². The number of carbonyl (C=O) groups is 1. The van der Waals surface area contributed by atoms with E-state index in [1.165, 1.54) is 0 Å². The molecule has 2 aliphatic heterocycles.